The molecule has 2 heterocycles. The molecule has 0 bridgehead atoms. The lowest BCUT2D eigenvalue weighted by atomic mass is 10.1. The first-order valence-electron chi connectivity index (χ1n) is 11.4. The molecule has 1 fully saturated rings. The summed E-state index contributed by atoms with van der Waals surface area (Å²) in [5, 5.41) is 3.48. The van der Waals surface area contributed by atoms with E-state index in [2.05, 4.69) is 31.2 Å². The fourth-order valence-electron chi connectivity index (χ4n) is 3.62. The quantitative estimate of drug-likeness (QED) is 0.227. The standard InChI is InChI=1S/C25H26BrClFN3O4/c26-21(16-8-10-17(27)11-9-16)22-23(31-25(30-22)35-19-6-3-5-18(28)15-19)24(32)29-12-4-14-34-20-7-1-2-13-33-20/h3,5-6,8-11,15,20-21H,1-2,4,7,12-14H2,(H,29,32)(H,30,31). The summed E-state index contributed by atoms with van der Waals surface area (Å²) in [6, 6.07) is 13.0. The summed E-state index contributed by atoms with van der Waals surface area (Å²) >= 11 is 9.66. The van der Waals surface area contributed by atoms with Gasteiger partial charge in [0.1, 0.15) is 11.6 Å². The molecule has 7 nitrogen and oxygen atoms in total. The van der Waals surface area contributed by atoms with E-state index in [1.54, 1.807) is 18.2 Å². The van der Waals surface area contributed by atoms with Crippen molar-refractivity contribution >= 4 is 33.4 Å². The molecule has 2 N–H and O–H groups in total. The number of nitrogens with zero attached hydrogens (tertiary/aromatic N) is 1. The van der Waals surface area contributed by atoms with Crippen LogP contribution in [0.2, 0.25) is 5.02 Å². The third-order valence-electron chi connectivity index (χ3n) is 5.40. The van der Waals surface area contributed by atoms with Gasteiger partial charge in [-0.1, -0.05) is 45.7 Å². The van der Waals surface area contributed by atoms with E-state index in [9.17, 15) is 9.18 Å². The molecule has 0 saturated carbocycles. The number of aromatic nitrogens is 2. The smallest absolute Gasteiger partial charge is 0.300 e. The van der Waals surface area contributed by atoms with Crippen LogP contribution in [0.5, 0.6) is 11.8 Å². The Morgan fingerprint density at radius 2 is 2.11 bits per heavy atom. The Balaban J connectivity index is 1.44. The molecule has 1 amide bonds. The number of nitrogens with one attached hydrogen (secondary N) is 2. The molecular formula is C25H26BrClFN3O4. The number of halogens is 3. The molecule has 1 saturated heterocycles. The van der Waals surface area contributed by atoms with E-state index in [-0.39, 0.29) is 34.5 Å². The molecule has 1 aliphatic rings. The van der Waals surface area contributed by atoms with Gasteiger partial charge in [0.2, 0.25) is 0 Å². The van der Waals surface area contributed by atoms with Crippen LogP contribution in [0.1, 0.15) is 52.3 Å². The zero-order valence-corrected chi connectivity index (χ0v) is 21.3. The highest BCUT2D eigenvalue weighted by molar-refractivity contribution is 9.09. The van der Waals surface area contributed by atoms with Gasteiger partial charge in [-0.2, -0.15) is 4.98 Å². The minimum Gasteiger partial charge on any atom is -0.426 e. The third kappa shape index (κ3) is 7.27. The number of hydrogen-bond acceptors (Lipinski definition) is 5. The fourth-order valence-corrected chi connectivity index (χ4v) is 4.39. The van der Waals surface area contributed by atoms with Crippen LogP contribution in [-0.4, -0.2) is 41.9 Å². The van der Waals surface area contributed by atoms with Gasteiger partial charge in [0, 0.05) is 24.2 Å². The summed E-state index contributed by atoms with van der Waals surface area (Å²) in [5.74, 6) is -0.540. The first-order valence-corrected chi connectivity index (χ1v) is 12.7. The van der Waals surface area contributed by atoms with Crippen molar-refractivity contribution < 1.29 is 23.4 Å². The van der Waals surface area contributed by atoms with Crippen LogP contribution in [0.25, 0.3) is 0 Å². The predicted molar refractivity (Wildman–Crippen MR) is 134 cm³/mol. The maximum atomic E-state index is 13.6. The molecule has 10 heteroatoms. The highest BCUT2D eigenvalue weighted by atomic mass is 79.9. The number of carbonyl (C=O) groups excluding carboxylic acids is 1. The van der Waals surface area contributed by atoms with E-state index < -0.39 is 5.82 Å². The lowest BCUT2D eigenvalue weighted by molar-refractivity contribution is -0.162. The van der Waals surface area contributed by atoms with Crippen molar-refractivity contribution in [3.8, 4) is 11.8 Å². The highest BCUT2D eigenvalue weighted by Crippen LogP contribution is 2.34. The topological polar surface area (TPSA) is 85.5 Å². The molecule has 0 aliphatic carbocycles. The minimum atomic E-state index is -0.437. The van der Waals surface area contributed by atoms with E-state index in [0.29, 0.717) is 30.3 Å². The molecular weight excluding hydrogens is 541 g/mol. The van der Waals surface area contributed by atoms with E-state index in [0.717, 1.165) is 31.4 Å². The number of imidazole rings is 1. The highest BCUT2D eigenvalue weighted by Gasteiger charge is 2.25. The number of carbonyl (C=O) groups is 1. The van der Waals surface area contributed by atoms with Crippen molar-refractivity contribution in [1.29, 1.82) is 0 Å². The maximum absolute atomic E-state index is 13.6. The number of benzene rings is 2. The average Bonchev–Trinajstić information content (AvgIpc) is 3.28. The summed E-state index contributed by atoms with van der Waals surface area (Å²) in [7, 11) is 0. The van der Waals surface area contributed by atoms with Crippen molar-refractivity contribution in [2.75, 3.05) is 19.8 Å². The second kappa shape index (κ2) is 12.5. The number of H-pyrrole nitrogens is 1. The molecule has 1 aliphatic heterocycles. The molecule has 2 aromatic carbocycles. The summed E-state index contributed by atoms with van der Waals surface area (Å²) in [6.07, 6.45) is 3.54. The van der Waals surface area contributed by atoms with Crippen molar-refractivity contribution in [1.82, 2.24) is 15.3 Å². The van der Waals surface area contributed by atoms with Crippen molar-refractivity contribution in [2.24, 2.45) is 0 Å². The molecule has 186 valence electrons. The lowest BCUT2D eigenvalue weighted by Crippen LogP contribution is -2.28. The van der Waals surface area contributed by atoms with Crippen LogP contribution >= 0.6 is 27.5 Å². The Labute approximate surface area is 216 Å². The van der Waals surface area contributed by atoms with Gasteiger partial charge in [0.15, 0.2) is 12.0 Å². The van der Waals surface area contributed by atoms with E-state index in [1.807, 2.05) is 12.1 Å². The summed E-state index contributed by atoms with van der Waals surface area (Å²) in [5.41, 5.74) is 1.54. The monoisotopic (exact) mass is 565 g/mol. The van der Waals surface area contributed by atoms with Crippen LogP contribution < -0.4 is 10.1 Å². The Hall–Kier alpha value is -2.46. The third-order valence-corrected chi connectivity index (χ3v) is 6.64. The zero-order valence-electron chi connectivity index (χ0n) is 18.9. The predicted octanol–water partition coefficient (Wildman–Crippen LogP) is 6.14. The summed E-state index contributed by atoms with van der Waals surface area (Å²) in [4.78, 5) is 20.0. The Morgan fingerprint density at radius 1 is 1.29 bits per heavy atom. The largest absolute Gasteiger partial charge is 0.426 e. The van der Waals surface area contributed by atoms with Crippen molar-refractivity contribution in [2.45, 2.75) is 36.8 Å². The van der Waals surface area contributed by atoms with Crippen LogP contribution in [0.4, 0.5) is 4.39 Å². The van der Waals surface area contributed by atoms with E-state index in [4.69, 9.17) is 25.8 Å². The number of aromatic amines is 1. The second-order valence-electron chi connectivity index (χ2n) is 8.05. The number of ether oxygens (including phenoxy) is 3. The lowest BCUT2D eigenvalue weighted by Gasteiger charge is -2.22. The van der Waals surface area contributed by atoms with Gasteiger partial charge in [-0.15, -0.1) is 0 Å². The van der Waals surface area contributed by atoms with Gasteiger partial charge >= 0.3 is 0 Å². The number of amides is 1. The molecule has 2 unspecified atom stereocenters. The molecule has 1 aromatic heterocycles. The normalized spacial score (nSPS) is 16.6. The number of rotatable bonds is 10. The fraction of sp³-hybridized carbons (Fsp3) is 0.360. The second-order valence-corrected chi connectivity index (χ2v) is 9.41. The molecule has 0 spiro atoms. The minimum absolute atomic E-state index is 0.0759. The van der Waals surface area contributed by atoms with Crippen LogP contribution in [0.3, 0.4) is 0 Å². The van der Waals surface area contributed by atoms with Gasteiger partial charge in [-0.3, -0.25) is 4.79 Å². The number of alkyl halides is 1. The molecule has 3 aromatic rings. The first kappa shape index (κ1) is 25.6. The van der Waals surface area contributed by atoms with Gasteiger partial charge in [-0.05, 0) is 55.5 Å². The van der Waals surface area contributed by atoms with Crippen LogP contribution in [0.15, 0.2) is 48.5 Å². The van der Waals surface area contributed by atoms with Crippen LogP contribution in [-0.2, 0) is 9.47 Å². The first-order chi connectivity index (χ1) is 17.0. The SMILES string of the molecule is O=C(NCCCOC1CCCCO1)c1nc(Oc2cccc(F)c2)[nH]c1C(Br)c1ccc(Cl)cc1. The van der Waals surface area contributed by atoms with Crippen molar-refractivity contribution in [3.63, 3.8) is 0 Å². The van der Waals surface area contributed by atoms with Gasteiger partial charge in [-0.25, -0.2) is 4.39 Å². The Kier molecular flexibility index (Phi) is 9.14. The van der Waals surface area contributed by atoms with Crippen molar-refractivity contribution in [3.05, 3.63) is 76.3 Å². The Morgan fingerprint density at radius 3 is 2.86 bits per heavy atom. The maximum Gasteiger partial charge on any atom is 0.300 e. The zero-order chi connectivity index (χ0) is 24.6. The van der Waals surface area contributed by atoms with Gasteiger partial charge in [0.25, 0.3) is 11.9 Å². The average molecular weight is 567 g/mol. The van der Waals surface area contributed by atoms with Gasteiger partial charge in [0.05, 0.1) is 17.1 Å². The molecule has 0 radical (unpaired) electrons. The molecule has 35 heavy (non-hydrogen) atoms. The number of hydrogen-bond donors (Lipinski definition) is 2. The molecule has 2 atom stereocenters. The van der Waals surface area contributed by atoms with Crippen LogP contribution in [0, 0.1) is 5.82 Å². The Bertz CT molecular complexity index is 1120. The van der Waals surface area contributed by atoms with Gasteiger partial charge < -0.3 is 24.5 Å². The van der Waals surface area contributed by atoms with E-state index >= 15 is 0 Å². The van der Waals surface area contributed by atoms with E-state index in [1.165, 1.54) is 18.2 Å². The summed E-state index contributed by atoms with van der Waals surface area (Å²) in [6.45, 7) is 1.62. The summed E-state index contributed by atoms with van der Waals surface area (Å²) < 4.78 is 30.5. The molecule has 4 rings (SSSR count).